The second-order valence-electron chi connectivity index (χ2n) is 4.27. The maximum atomic E-state index is 5.96. The number of benzene rings is 1. The molecule has 0 spiro atoms. The molecule has 0 bridgehead atoms. The topological polar surface area (TPSA) is 51.0 Å². The van der Waals surface area contributed by atoms with Gasteiger partial charge in [-0.25, -0.2) is 0 Å². The van der Waals surface area contributed by atoms with Crippen LogP contribution in [-0.4, -0.2) is 23.2 Å². The van der Waals surface area contributed by atoms with E-state index < -0.39 is 0 Å². The zero-order valence-corrected chi connectivity index (χ0v) is 12.3. The van der Waals surface area contributed by atoms with E-state index in [0.717, 1.165) is 12.0 Å². The highest BCUT2D eigenvalue weighted by Gasteiger charge is 2.13. The summed E-state index contributed by atoms with van der Waals surface area (Å²) >= 11 is 11.9. The second-order valence-corrected chi connectivity index (χ2v) is 5.14. The Morgan fingerprint density at radius 1 is 1.26 bits per heavy atom. The second kappa shape index (κ2) is 6.37. The molecular formula is C13H15Cl2N3O. The average Bonchev–Trinajstić information content (AvgIpc) is 2.83. The zero-order chi connectivity index (χ0) is 13.8. The molecule has 0 aliphatic heterocycles. The maximum absolute atomic E-state index is 5.96. The first-order valence-corrected chi connectivity index (χ1v) is 6.84. The predicted octanol–water partition coefficient (Wildman–Crippen LogP) is 3.58. The fourth-order valence-electron chi connectivity index (χ4n) is 1.80. The minimum atomic E-state index is 0.330. The van der Waals surface area contributed by atoms with Crippen LogP contribution in [0.25, 0.3) is 11.4 Å². The lowest BCUT2D eigenvalue weighted by Crippen LogP contribution is -2.26. The van der Waals surface area contributed by atoms with E-state index in [2.05, 4.69) is 22.4 Å². The standard InChI is InChI=1S/C13H15Cl2N3O/c1-3-11(16-2)7-12-17-13(18-19-12)8-4-9(14)6-10(15)5-8/h4-6,11,16H,3,7H2,1-2H3. The Hall–Kier alpha value is -1.10. The van der Waals surface area contributed by atoms with Crippen molar-refractivity contribution in [1.82, 2.24) is 15.5 Å². The first-order valence-electron chi connectivity index (χ1n) is 6.08. The van der Waals surface area contributed by atoms with E-state index in [1.807, 2.05) is 7.05 Å². The molecular weight excluding hydrogens is 285 g/mol. The van der Waals surface area contributed by atoms with Crippen LogP contribution in [0.3, 0.4) is 0 Å². The van der Waals surface area contributed by atoms with Crippen LogP contribution in [-0.2, 0) is 6.42 Å². The highest BCUT2D eigenvalue weighted by molar-refractivity contribution is 6.35. The van der Waals surface area contributed by atoms with Gasteiger partial charge < -0.3 is 9.84 Å². The van der Waals surface area contributed by atoms with E-state index in [1.54, 1.807) is 18.2 Å². The Morgan fingerprint density at radius 3 is 2.53 bits per heavy atom. The van der Waals surface area contributed by atoms with E-state index >= 15 is 0 Å². The van der Waals surface area contributed by atoms with Gasteiger partial charge in [0.2, 0.25) is 11.7 Å². The lowest BCUT2D eigenvalue weighted by Gasteiger charge is -2.09. The van der Waals surface area contributed by atoms with Crippen LogP contribution in [0.4, 0.5) is 0 Å². The van der Waals surface area contributed by atoms with Crippen LogP contribution in [0.2, 0.25) is 10.0 Å². The SMILES string of the molecule is CCC(Cc1nc(-c2cc(Cl)cc(Cl)c2)no1)NC. The minimum absolute atomic E-state index is 0.330. The van der Waals surface area contributed by atoms with Crippen molar-refractivity contribution < 1.29 is 4.52 Å². The molecule has 4 nitrogen and oxygen atoms in total. The molecule has 2 rings (SSSR count). The molecule has 2 aromatic rings. The molecule has 0 fully saturated rings. The number of hydrogen-bond acceptors (Lipinski definition) is 4. The van der Waals surface area contributed by atoms with Gasteiger partial charge in [0.25, 0.3) is 0 Å². The number of rotatable bonds is 5. The van der Waals surface area contributed by atoms with Crippen LogP contribution in [0.1, 0.15) is 19.2 Å². The van der Waals surface area contributed by atoms with Crippen molar-refractivity contribution >= 4 is 23.2 Å². The summed E-state index contributed by atoms with van der Waals surface area (Å²) in [6, 6.07) is 5.52. The number of halogens is 2. The fourth-order valence-corrected chi connectivity index (χ4v) is 2.33. The molecule has 102 valence electrons. The van der Waals surface area contributed by atoms with Crippen molar-refractivity contribution in [2.24, 2.45) is 0 Å². The molecule has 1 aromatic heterocycles. The highest BCUT2D eigenvalue weighted by atomic mass is 35.5. The normalized spacial score (nSPS) is 12.6. The quantitative estimate of drug-likeness (QED) is 0.917. The summed E-state index contributed by atoms with van der Waals surface area (Å²) in [6.07, 6.45) is 1.70. The summed E-state index contributed by atoms with van der Waals surface area (Å²) in [6.45, 7) is 2.11. The molecule has 0 aliphatic rings. The Morgan fingerprint density at radius 2 is 1.95 bits per heavy atom. The molecule has 0 aliphatic carbocycles. The molecule has 19 heavy (non-hydrogen) atoms. The number of nitrogens with one attached hydrogen (secondary N) is 1. The number of aromatic nitrogens is 2. The minimum Gasteiger partial charge on any atom is -0.339 e. The summed E-state index contributed by atoms with van der Waals surface area (Å²) < 4.78 is 5.25. The lowest BCUT2D eigenvalue weighted by molar-refractivity contribution is 0.359. The Balaban J connectivity index is 2.20. The van der Waals surface area contributed by atoms with E-state index in [-0.39, 0.29) is 0 Å². The molecule has 1 unspecified atom stereocenters. The maximum Gasteiger partial charge on any atom is 0.228 e. The summed E-state index contributed by atoms with van der Waals surface area (Å²) in [7, 11) is 1.92. The molecule has 0 amide bonds. The first-order chi connectivity index (χ1) is 9.12. The third-order valence-electron chi connectivity index (χ3n) is 2.91. The number of hydrogen-bond donors (Lipinski definition) is 1. The van der Waals surface area contributed by atoms with Gasteiger partial charge in [-0.2, -0.15) is 4.98 Å². The Labute approximate surface area is 122 Å². The van der Waals surface area contributed by atoms with Gasteiger partial charge in [-0.3, -0.25) is 0 Å². The van der Waals surface area contributed by atoms with Gasteiger partial charge in [0.1, 0.15) is 0 Å². The van der Waals surface area contributed by atoms with Crippen LogP contribution in [0.15, 0.2) is 22.7 Å². The Bertz CT molecular complexity index is 532. The van der Waals surface area contributed by atoms with Crippen molar-refractivity contribution in [3.05, 3.63) is 34.1 Å². The molecule has 6 heteroatoms. The van der Waals surface area contributed by atoms with E-state index in [1.165, 1.54) is 0 Å². The van der Waals surface area contributed by atoms with Gasteiger partial charge >= 0.3 is 0 Å². The molecule has 1 atom stereocenters. The van der Waals surface area contributed by atoms with Crippen LogP contribution < -0.4 is 5.32 Å². The van der Waals surface area contributed by atoms with E-state index in [4.69, 9.17) is 27.7 Å². The van der Waals surface area contributed by atoms with Crippen LogP contribution >= 0.6 is 23.2 Å². The van der Waals surface area contributed by atoms with Crippen molar-refractivity contribution in [1.29, 1.82) is 0 Å². The summed E-state index contributed by atoms with van der Waals surface area (Å²) in [5.74, 6) is 1.11. The highest BCUT2D eigenvalue weighted by Crippen LogP contribution is 2.25. The third-order valence-corrected chi connectivity index (χ3v) is 3.35. The van der Waals surface area contributed by atoms with Gasteiger partial charge in [0.05, 0.1) is 0 Å². The van der Waals surface area contributed by atoms with Crippen LogP contribution in [0.5, 0.6) is 0 Å². The van der Waals surface area contributed by atoms with Gasteiger partial charge in [0, 0.05) is 28.1 Å². The molecule has 1 N–H and O–H groups in total. The fraction of sp³-hybridized carbons (Fsp3) is 0.385. The zero-order valence-electron chi connectivity index (χ0n) is 10.8. The largest absolute Gasteiger partial charge is 0.339 e. The number of nitrogens with zero attached hydrogens (tertiary/aromatic N) is 2. The third kappa shape index (κ3) is 3.69. The molecule has 1 aromatic carbocycles. The van der Waals surface area contributed by atoms with Crippen LogP contribution in [0, 0.1) is 0 Å². The van der Waals surface area contributed by atoms with Crippen molar-refractivity contribution in [2.45, 2.75) is 25.8 Å². The molecule has 0 saturated heterocycles. The monoisotopic (exact) mass is 299 g/mol. The van der Waals surface area contributed by atoms with Gasteiger partial charge in [-0.15, -0.1) is 0 Å². The summed E-state index contributed by atoms with van der Waals surface area (Å²) in [5.41, 5.74) is 0.755. The van der Waals surface area contributed by atoms with Gasteiger partial charge in [-0.05, 0) is 31.7 Å². The molecule has 0 saturated carbocycles. The van der Waals surface area contributed by atoms with Crippen molar-refractivity contribution in [3.63, 3.8) is 0 Å². The summed E-state index contributed by atoms with van der Waals surface area (Å²) in [4.78, 5) is 4.36. The molecule has 1 heterocycles. The lowest BCUT2D eigenvalue weighted by atomic mass is 10.1. The van der Waals surface area contributed by atoms with Gasteiger partial charge in [0.15, 0.2) is 0 Å². The first kappa shape index (κ1) is 14.3. The average molecular weight is 300 g/mol. The smallest absolute Gasteiger partial charge is 0.228 e. The molecule has 0 radical (unpaired) electrons. The Kier molecular flexibility index (Phi) is 4.80. The van der Waals surface area contributed by atoms with Gasteiger partial charge in [-0.1, -0.05) is 35.3 Å². The van der Waals surface area contributed by atoms with Crippen molar-refractivity contribution in [2.75, 3.05) is 7.05 Å². The van der Waals surface area contributed by atoms with E-state index in [0.29, 0.717) is 34.2 Å². The van der Waals surface area contributed by atoms with Crippen molar-refractivity contribution in [3.8, 4) is 11.4 Å². The predicted molar refractivity (Wildman–Crippen MR) is 76.6 cm³/mol. The van der Waals surface area contributed by atoms with E-state index in [9.17, 15) is 0 Å². The summed E-state index contributed by atoms with van der Waals surface area (Å²) in [5, 5.41) is 8.26. The number of likely N-dealkylation sites (N-methyl/N-ethyl adjacent to an activating group) is 1.